The Balaban J connectivity index is 2.12. The summed E-state index contributed by atoms with van der Waals surface area (Å²) in [6.07, 6.45) is 3.07. The van der Waals surface area contributed by atoms with Gasteiger partial charge in [0.2, 0.25) is 0 Å². The lowest BCUT2D eigenvalue weighted by atomic mass is 9.92. The Hall–Kier alpha value is -1.36. The van der Waals surface area contributed by atoms with Gasteiger partial charge in [0.15, 0.2) is 0 Å². The second kappa shape index (κ2) is 5.10. The van der Waals surface area contributed by atoms with Crippen LogP contribution in [0.1, 0.15) is 35.8 Å². The maximum absolute atomic E-state index is 12.4. The average molecular weight is 251 g/mol. The smallest absolute Gasteiger partial charge is 0.257 e. The molecule has 2 atom stereocenters. The van der Waals surface area contributed by atoms with Crippen molar-refractivity contribution in [3.05, 3.63) is 17.5 Å². The van der Waals surface area contributed by atoms with Crippen molar-refractivity contribution >= 4 is 5.91 Å². The molecule has 0 radical (unpaired) electrons. The van der Waals surface area contributed by atoms with E-state index in [9.17, 15) is 9.90 Å². The minimum atomic E-state index is -0.269. The van der Waals surface area contributed by atoms with Gasteiger partial charge in [-0.15, -0.1) is 0 Å². The molecule has 0 aliphatic carbocycles. The molecule has 5 nitrogen and oxygen atoms in total. The van der Waals surface area contributed by atoms with Crippen LogP contribution in [0.5, 0.6) is 0 Å². The number of nitrogens with zero attached hydrogens (tertiary/aromatic N) is 3. The first kappa shape index (κ1) is 13.1. The Bertz CT molecular complexity index is 441. The number of aliphatic hydroxyl groups is 1. The number of hydrogen-bond acceptors (Lipinski definition) is 3. The summed E-state index contributed by atoms with van der Waals surface area (Å²) in [7, 11) is 1.82. The topological polar surface area (TPSA) is 58.4 Å². The number of hydrogen-bond donors (Lipinski definition) is 1. The molecule has 0 aromatic carbocycles. The Labute approximate surface area is 107 Å². The molecule has 2 heterocycles. The molecule has 0 spiro atoms. The lowest BCUT2D eigenvalue weighted by Crippen LogP contribution is -2.45. The first-order chi connectivity index (χ1) is 8.52. The molecule has 1 amide bonds. The first-order valence-corrected chi connectivity index (χ1v) is 6.50. The van der Waals surface area contributed by atoms with E-state index >= 15 is 0 Å². The first-order valence-electron chi connectivity index (χ1n) is 6.50. The fourth-order valence-corrected chi connectivity index (χ4v) is 2.59. The number of likely N-dealkylation sites (tertiary alicyclic amines) is 1. The second-order valence-corrected chi connectivity index (χ2v) is 5.08. The summed E-state index contributed by atoms with van der Waals surface area (Å²) < 4.78 is 1.67. The number of rotatable bonds is 2. The fraction of sp³-hybridized carbons (Fsp3) is 0.692. The summed E-state index contributed by atoms with van der Waals surface area (Å²) in [6.45, 7) is 5.18. The van der Waals surface area contributed by atoms with Gasteiger partial charge in [0.1, 0.15) is 0 Å². The molecule has 1 saturated heterocycles. The molecular weight excluding hydrogens is 230 g/mol. The molecule has 1 aromatic heterocycles. The number of aromatic nitrogens is 2. The van der Waals surface area contributed by atoms with E-state index in [-0.39, 0.29) is 17.9 Å². The minimum Gasteiger partial charge on any atom is -0.393 e. The number of amides is 1. The number of carbonyl (C=O) groups excluding carboxylic acids is 1. The predicted molar refractivity (Wildman–Crippen MR) is 68.3 cm³/mol. The predicted octanol–water partition coefficient (Wildman–Crippen LogP) is 0.962. The van der Waals surface area contributed by atoms with Crippen molar-refractivity contribution in [2.24, 2.45) is 13.0 Å². The highest BCUT2D eigenvalue weighted by Gasteiger charge is 2.30. The van der Waals surface area contributed by atoms with Crippen molar-refractivity contribution < 1.29 is 9.90 Å². The molecule has 1 aliphatic rings. The monoisotopic (exact) mass is 251 g/mol. The molecule has 1 aliphatic heterocycles. The zero-order valence-corrected chi connectivity index (χ0v) is 11.3. The lowest BCUT2D eigenvalue weighted by molar-refractivity contribution is 0.0228. The van der Waals surface area contributed by atoms with Gasteiger partial charge >= 0.3 is 0 Å². The maximum atomic E-state index is 12.4. The lowest BCUT2D eigenvalue weighted by Gasteiger charge is -2.35. The zero-order valence-electron chi connectivity index (χ0n) is 11.3. The van der Waals surface area contributed by atoms with E-state index in [4.69, 9.17) is 0 Å². The normalized spacial score (nSPS) is 24.3. The Morgan fingerprint density at radius 3 is 2.89 bits per heavy atom. The molecule has 0 saturated carbocycles. The van der Waals surface area contributed by atoms with E-state index in [2.05, 4.69) is 12.0 Å². The van der Waals surface area contributed by atoms with Gasteiger partial charge in [-0.3, -0.25) is 9.48 Å². The van der Waals surface area contributed by atoms with Crippen molar-refractivity contribution in [2.45, 2.75) is 32.8 Å². The summed E-state index contributed by atoms with van der Waals surface area (Å²) in [4.78, 5) is 14.2. The van der Waals surface area contributed by atoms with Gasteiger partial charge in [0.05, 0.1) is 17.4 Å². The maximum Gasteiger partial charge on any atom is 0.257 e. The van der Waals surface area contributed by atoms with Crippen LogP contribution in [0.15, 0.2) is 6.20 Å². The van der Waals surface area contributed by atoms with Crippen molar-refractivity contribution in [1.29, 1.82) is 0 Å². The molecule has 2 rings (SSSR count). The largest absolute Gasteiger partial charge is 0.393 e. The SMILES string of the molecule is CCC1CN(C(=O)c2cn(C)nc2C)CCC1O. The van der Waals surface area contributed by atoms with Gasteiger partial charge in [0.25, 0.3) is 5.91 Å². The van der Waals surface area contributed by atoms with Crippen LogP contribution in [0.3, 0.4) is 0 Å². The summed E-state index contributed by atoms with van der Waals surface area (Å²) in [5.41, 5.74) is 1.44. The standard InChI is InChI=1S/C13H21N3O2/c1-4-10-7-16(6-5-12(10)17)13(18)11-8-15(3)14-9(11)2/h8,10,12,17H,4-7H2,1-3H3. The zero-order chi connectivity index (χ0) is 13.3. The van der Waals surface area contributed by atoms with Gasteiger partial charge in [0, 0.05) is 32.3 Å². The van der Waals surface area contributed by atoms with Gasteiger partial charge in [-0.2, -0.15) is 5.10 Å². The Morgan fingerprint density at radius 2 is 2.33 bits per heavy atom. The van der Waals surface area contributed by atoms with Gasteiger partial charge < -0.3 is 10.0 Å². The highest BCUT2D eigenvalue weighted by atomic mass is 16.3. The molecule has 5 heteroatoms. The number of piperidine rings is 1. The molecule has 0 bridgehead atoms. The second-order valence-electron chi connectivity index (χ2n) is 5.08. The third-order valence-corrected chi connectivity index (χ3v) is 3.75. The van der Waals surface area contributed by atoms with Crippen LogP contribution in [-0.2, 0) is 7.05 Å². The summed E-state index contributed by atoms with van der Waals surface area (Å²) in [5, 5.41) is 14.0. The van der Waals surface area contributed by atoms with E-state index in [1.54, 1.807) is 10.9 Å². The number of carbonyl (C=O) groups is 1. The van der Waals surface area contributed by atoms with Crippen molar-refractivity contribution in [1.82, 2.24) is 14.7 Å². The van der Waals surface area contributed by atoms with Gasteiger partial charge in [-0.05, 0) is 19.8 Å². The highest BCUT2D eigenvalue weighted by Crippen LogP contribution is 2.22. The van der Waals surface area contributed by atoms with E-state index in [1.807, 2.05) is 18.9 Å². The number of aryl methyl sites for hydroxylation is 2. The fourth-order valence-electron chi connectivity index (χ4n) is 2.59. The highest BCUT2D eigenvalue weighted by molar-refractivity contribution is 5.95. The van der Waals surface area contributed by atoms with Crippen LogP contribution in [0.4, 0.5) is 0 Å². The van der Waals surface area contributed by atoms with Crippen LogP contribution in [0, 0.1) is 12.8 Å². The molecule has 18 heavy (non-hydrogen) atoms. The van der Waals surface area contributed by atoms with Crippen LogP contribution in [0.25, 0.3) is 0 Å². The quantitative estimate of drug-likeness (QED) is 0.851. The van der Waals surface area contributed by atoms with Crippen LogP contribution in [0.2, 0.25) is 0 Å². The van der Waals surface area contributed by atoms with E-state index in [0.717, 1.165) is 12.1 Å². The minimum absolute atomic E-state index is 0.0333. The summed E-state index contributed by atoms with van der Waals surface area (Å²) in [6, 6.07) is 0. The van der Waals surface area contributed by atoms with Crippen molar-refractivity contribution in [3.63, 3.8) is 0 Å². The van der Waals surface area contributed by atoms with E-state index < -0.39 is 0 Å². The molecule has 100 valence electrons. The van der Waals surface area contributed by atoms with Gasteiger partial charge in [-0.25, -0.2) is 0 Å². The molecule has 1 N–H and O–H groups in total. The Kier molecular flexibility index (Phi) is 3.71. The van der Waals surface area contributed by atoms with E-state index in [1.165, 1.54) is 0 Å². The van der Waals surface area contributed by atoms with Crippen molar-refractivity contribution in [3.8, 4) is 0 Å². The molecule has 1 fully saturated rings. The van der Waals surface area contributed by atoms with Crippen molar-refractivity contribution in [2.75, 3.05) is 13.1 Å². The number of aliphatic hydroxyl groups excluding tert-OH is 1. The van der Waals surface area contributed by atoms with Crippen LogP contribution < -0.4 is 0 Å². The summed E-state index contributed by atoms with van der Waals surface area (Å²) in [5.74, 6) is 0.227. The molecular formula is C13H21N3O2. The third-order valence-electron chi connectivity index (χ3n) is 3.75. The van der Waals surface area contributed by atoms with Crippen LogP contribution in [-0.4, -0.2) is 44.9 Å². The third kappa shape index (κ3) is 2.41. The van der Waals surface area contributed by atoms with Crippen LogP contribution >= 0.6 is 0 Å². The van der Waals surface area contributed by atoms with E-state index in [0.29, 0.717) is 25.1 Å². The Morgan fingerprint density at radius 1 is 1.61 bits per heavy atom. The van der Waals surface area contributed by atoms with Gasteiger partial charge in [-0.1, -0.05) is 6.92 Å². The summed E-state index contributed by atoms with van der Waals surface area (Å²) >= 11 is 0. The average Bonchev–Trinajstić information content (AvgIpc) is 2.68. The molecule has 2 unspecified atom stereocenters. The molecule has 1 aromatic rings.